The molecule has 0 aliphatic heterocycles. The first-order valence-corrected chi connectivity index (χ1v) is 3.82. The molecule has 1 rings (SSSR count). The number of carboxylic acids is 1. The molecule has 1 N–H and O–H groups in total. The van der Waals surface area contributed by atoms with Crippen LogP contribution in [-0.4, -0.2) is 21.8 Å². The number of hydrogen-bond acceptors (Lipinski definition) is 3. The van der Waals surface area contributed by atoms with Crippen LogP contribution in [0.5, 0.6) is 0 Å². The van der Waals surface area contributed by atoms with E-state index in [0.717, 1.165) is 0 Å². The van der Waals surface area contributed by atoms with E-state index in [1.807, 2.05) is 0 Å². The molecule has 4 nitrogen and oxygen atoms in total. The summed E-state index contributed by atoms with van der Waals surface area (Å²) < 4.78 is 0. The standard InChI is InChI=1S/C9H9NO3/c11-8(6-9(12)13)5-7-3-1-2-4-10-7/h1-4H,5-6H2,(H,12,13). The van der Waals surface area contributed by atoms with E-state index in [1.54, 1.807) is 24.4 Å². The van der Waals surface area contributed by atoms with E-state index in [2.05, 4.69) is 4.98 Å². The molecule has 0 atom stereocenters. The molecule has 1 aromatic heterocycles. The molecule has 4 heteroatoms. The van der Waals surface area contributed by atoms with Gasteiger partial charge in [-0.1, -0.05) is 6.07 Å². The van der Waals surface area contributed by atoms with Crippen molar-refractivity contribution in [2.45, 2.75) is 12.8 Å². The molecule has 13 heavy (non-hydrogen) atoms. The van der Waals surface area contributed by atoms with E-state index < -0.39 is 12.4 Å². The van der Waals surface area contributed by atoms with Crippen molar-refractivity contribution in [1.82, 2.24) is 4.98 Å². The largest absolute Gasteiger partial charge is 0.481 e. The first-order chi connectivity index (χ1) is 6.18. The van der Waals surface area contributed by atoms with Crippen LogP contribution in [0.1, 0.15) is 12.1 Å². The Morgan fingerprint density at radius 1 is 1.38 bits per heavy atom. The number of pyridine rings is 1. The highest BCUT2D eigenvalue weighted by atomic mass is 16.4. The molecule has 0 saturated carbocycles. The van der Waals surface area contributed by atoms with Crippen LogP contribution < -0.4 is 0 Å². The van der Waals surface area contributed by atoms with Gasteiger partial charge >= 0.3 is 5.97 Å². The average Bonchev–Trinajstić information content (AvgIpc) is 2.04. The number of hydrogen-bond donors (Lipinski definition) is 1. The van der Waals surface area contributed by atoms with Crippen LogP contribution in [0.2, 0.25) is 0 Å². The lowest BCUT2D eigenvalue weighted by Gasteiger charge is -1.96. The number of carbonyl (C=O) groups is 2. The van der Waals surface area contributed by atoms with E-state index in [1.165, 1.54) is 0 Å². The number of aliphatic carboxylic acids is 1. The SMILES string of the molecule is O=C(O)CC(=O)Cc1ccccn1. The van der Waals surface area contributed by atoms with E-state index in [9.17, 15) is 9.59 Å². The molecule has 0 spiro atoms. The first-order valence-electron chi connectivity index (χ1n) is 3.82. The van der Waals surface area contributed by atoms with E-state index in [0.29, 0.717) is 5.69 Å². The monoisotopic (exact) mass is 179 g/mol. The Hall–Kier alpha value is -1.71. The molecule has 1 heterocycles. The maximum atomic E-state index is 11.0. The van der Waals surface area contributed by atoms with E-state index in [-0.39, 0.29) is 12.2 Å². The van der Waals surface area contributed by atoms with Crippen molar-refractivity contribution in [3.05, 3.63) is 30.1 Å². The Kier molecular flexibility index (Phi) is 3.14. The number of rotatable bonds is 4. The first kappa shape index (κ1) is 9.38. The van der Waals surface area contributed by atoms with Gasteiger partial charge in [0.25, 0.3) is 0 Å². The second-order valence-corrected chi connectivity index (χ2v) is 2.61. The number of aromatic nitrogens is 1. The Morgan fingerprint density at radius 3 is 2.69 bits per heavy atom. The molecule has 0 fully saturated rings. The van der Waals surface area contributed by atoms with Gasteiger partial charge in [-0.3, -0.25) is 14.6 Å². The van der Waals surface area contributed by atoms with Crippen LogP contribution in [0, 0.1) is 0 Å². The molecule has 0 unspecified atom stereocenters. The Balaban J connectivity index is 2.50. The topological polar surface area (TPSA) is 67.3 Å². The second-order valence-electron chi connectivity index (χ2n) is 2.61. The van der Waals surface area contributed by atoms with Crippen molar-refractivity contribution in [1.29, 1.82) is 0 Å². The fourth-order valence-electron chi connectivity index (χ4n) is 0.936. The average molecular weight is 179 g/mol. The third-order valence-corrected chi connectivity index (χ3v) is 1.45. The smallest absolute Gasteiger partial charge is 0.310 e. The van der Waals surface area contributed by atoms with Crippen LogP contribution in [0.15, 0.2) is 24.4 Å². The van der Waals surface area contributed by atoms with Crippen LogP contribution in [0.3, 0.4) is 0 Å². The maximum absolute atomic E-state index is 11.0. The Morgan fingerprint density at radius 2 is 2.15 bits per heavy atom. The van der Waals surface area contributed by atoms with Gasteiger partial charge in [0.15, 0.2) is 0 Å². The van der Waals surface area contributed by atoms with Gasteiger partial charge in [-0.2, -0.15) is 0 Å². The summed E-state index contributed by atoms with van der Waals surface area (Å²) in [5.74, 6) is -1.42. The normalized spacial score (nSPS) is 9.54. The van der Waals surface area contributed by atoms with Crippen molar-refractivity contribution >= 4 is 11.8 Å². The van der Waals surface area contributed by atoms with Gasteiger partial charge in [-0.25, -0.2) is 0 Å². The summed E-state index contributed by atoms with van der Waals surface area (Å²) in [4.78, 5) is 25.1. The van der Waals surface area contributed by atoms with Crippen molar-refractivity contribution < 1.29 is 14.7 Å². The van der Waals surface area contributed by atoms with Gasteiger partial charge in [-0.05, 0) is 12.1 Å². The second kappa shape index (κ2) is 4.35. The highest BCUT2D eigenvalue weighted by Crippen LogP contribution is 1.97. The molecular formula is C9H9NO3. The fourth-order valence-corrected chi connectivity index (χ4v) is 0.936. The number of carbonyl (C=O) groups excluding carboxylic acids is 1. The molecule has 1 aromatic rings. The summed E-state index contributed by atoms with van der Waals surface area (Å²) >= 11 is 0. The van der Waals surface area contributed by atoms with Gasteiger partial charge in [0, 0.05) is 18.3 Å². The van der Waals surface area contributed by atoms with Gasteiger partial charge in [0.2, 0.25) is 0 Å². The van der Waals surface area contributed by atoms with E-state index >= 15 is 0 Å². The minimum atomic E-state index is -1.10. The van der Waals surface area contributed by atoms with Gasteiger partial charge in [0.1, 0.15) is 12.2 Å². The predicted molar refractivity (Wildman–Crippen MR) is 45.2 cm³/mol. The zero-order valence-electron chi connectivity index (χ0n) is 6.93. The summed E-state index contributed by atoms with van der Waals surface area (Å²) in [5.41, 5.74) is 0.605. The summed E-state index contributed by atoms with van der Waals surface area (Å²) in [6, 6.07) is 5.20. The highest BCUT2D eigenvalue weighted by Gasteiger charge is 2.08. The minimum absolute atomic E-state index is 0.0904. The lowest BCUT2D eigenvalue weighted by Crippen LogP contribution is -2.09. The van der Waals surface area contributed by atoms with Crippen LogP contribution >= 0.6 is 0 Å². The van der Waals surface area contributed by atoms with Crippen LogP contribution in [0.4, 0.5) is 0 Å². The minimum Gasteiger partial charge on any atom is -0.481 e. The lowest BCUT2D eigenvalue weighted by atomic mass is 10.1. The number of Topliss-reactive ketones (excluding diaryl/α,β-unsaturated/α-hetero) is 1. The molecule has 0 amide bonds. The molecule has 0 aromatic carbocycles. The third-order valence-electron chi connectivity index (χ3n) is 1.45. The molecule has 68 valence electrons. The maximum Gasteiger partial charge on any atom is 0.310 e. The van der Waals surface area contributed by atoms with E-state index in [4.69, 9.17) is 5.11 Å². The van der Waals surface area contributed by atoms with Gasteiger partial charge in [0.05, 0.1) is 0 Å². The summed E-state index contributed by atoms with van der Waals surface area (Å²) in [5, 5.41) is 8.32. The molecule has 0 saturated heterocycles. The quantitative estimate of drug-likeness (QED) is 0.690. The van der Waals surface area contributed by atoms with Crippen molar-refractivity contribution in [2.24, 2.45) is 0 Å². The zero-order valence-corrected chi connectivity index (χ0v) is 6.93. The third kappa shape index (κ3) is 3.46. The predicted octanol–water partition coefficient (Wildman–Crippen LogP) is 0.668. The highest BCUT2D eigenvalue weighted by molar-refractivity contribution is 5.95. The number of carboxylic acid groups (broad SMARTS) is 1. The molecule has 0 aliphatic carbocycles. The van der Waals surface area contributed by atoms with Gasteiger partial charge in [-0.15, -0.1) is 0 Å². The van der Waals surface area contributed by atoms with Crippen molar-refractivity contribution in [2.75, 3.05) is 0 Å². The van der Waals surface area contributed by atoms with Crippen LogP contribution in [0.25, 0.3) is 0 Å². The summed E-state index contributed by atoms with van der Waals surface area (Å²) in [6.45, 7) is 0. The Bertz CT molecular complexity index is 308. The Labute approximate surface area is 75.2 Å². The molecule has 0 bridgehead atoms. The molecule has 0 aliphatic rings. The van der Waals surface area contributed by atoms with Gasteiger partial charge < -0.3 is 5.11 Å². The number of ketones is 1. The molecule has 0 radical (unpaired) electrons. The lowest BCUT2D eigenvalue weighted by molar-refractivity contribution is -0.140. The van der Waals surface area contributed by atoms with Crippen molar-refractivity contribution in [3.8, 4) is 0 Å². The zero-order chi connectivity index (χ0) is 9.68. The summed E-state index contributed by atoms with van der Waals surface area (Å²) in [7, 11) is 0. The van der Waals surface area contributed by atoms with Crippen LogP contribution in [-0.2, 0) is 16.0 Å². The molecular weight excluding hydrogens is 170 g/mol. The number of nitrogens with zero attached hydrogens (tertiary/aromatic N) is 1. The summed E-state index contributed by atoms with van der Waals surface area (Å²) in [6.07, 6.45) is 1.23. The van der Waals surface area contributed by atoms with Crippen molar-refractivity contribution in [3.63, 3.8) is 0 Å². The fraction of sp³-hybridized carbons (Fsp3) is 0.222.